The van der Waals surface area contributed by atoms with Crippen molar-refractivity contribution in [1.29, 1.82) is 0 Å². The summed E-state index contributed by atoms with van der Waals surface area (Å²) in [6.45, 7) is -0.768. The van der Waals surface area contributed by atoms with Gasteiger partial charge in [-0.1, -0.05) is 12.1 Å². The highest BCUT2D eigenvalue weighted by Crippen LogP contribution is 2.13. The summed E-state index contributed by atoms with van der Waals surface area (Å²) in [4.78, 5) is 23.8. The zero-order valence-corrected chi connectivity index (χ0v) is 14.0. The van der Waals surface area contributed by atoms with Crippen LogP contribution in [0.5, 0.6) is 0 Å². The number of sulfone groups is 1. The zero-order valence-electron chi connectivity index (χ0n) is 13.2. The van der Waals surface area contributed by atoms with E-state index in [-0.39, 0.29) is 11.3 Å². The maximum atomic E-state index is 13.5. The van der Waals surface area contributed by atoms with E-state index in [0.29, 0.717) is 5.56 Å². The van der Waals surface area contributed by atoms with Crippen LogP contribution in [0.15, 0.2) is 42.5 Å². The minimum atomic E-state index is -3.27. The van der Waals surface area contributed by atoms with Crippen LogP contribution in [0.1, 0.15) is 26.3 Å². The van der Waals surface area contributed by atoms with Crippen LogP contribution in [-0.2, 0) is 20.3 Å². The highest BCUT2D eigenvalue weighted by Gasteiger charge is 2.16. The second-order valence-corrected chi connectivity index (χ2v) is 7.53. The maximum Gasteiger partial charge on any atom is 0.338 e. The average molecular weight is 368 g/mol. The fourth-order valence-electron chi connectivity index (χ4n) is 2.09. The summed E-state index contributed by atoms with van der Waals surface area (Å²) in [6, 6.07) is 8.12. The van der Waals surface area contributed by atoms with E-state index in [4.69, 9.17) is 4.74 Å². The van der Waals surface area contributed by atoms with E-state index < -0.39 is 45.4 Å². The van der Waals surface area contributed by atoms with Gasteiger partial charge in [0.15, 0.2) is 16.4 Å². The van der Waals surface area contributed by atoms with Crippen LogP contribution in [0.25, 0.3) is 0 Å². The van der Waals surface area contributed by atoms with E-state index in [0.717, 1.165) is 24.5 Å². The van der Waals surface area contributed by atoms with E-state index in [9.17, 15) is 26.8 Å². The molecule has 0 bridgehead atoms. The number of carbonyl (C=O) groups excluding carboxylic acids is 2. The molecule has 0 atom stereocenters. The highest BCUT2D eigenvalue weighted by atomic mass is 32.2. The fraction of sp³-hybridized carbons (Fsp3) is 0.176. The minimum absolute atomic E-state index is 0.0497. The smallest absolute Gasteiger partial charge is 0.338 e. The van der Waals surface area contributed by atoms with Crippen LogP contribution in [0.4, 0.5) is 8.78 Å². The third kappa shape index (κ3) is 5.46. The molecule has 0 saturated carbocycles. The number of hydrogen-bond acceptors (Lipinski definition) is 5. The summed E-state index contributed by atoms with van der Waals surface area (Å²) in [6.07, 6.45) is 1.06. The topological polar surface area (TPSA) is 77.5 Å². The fourth-order valence-corrected chi connectivity index (χ4v) is 2.88. The van der Waals surface area contributed by atoms with Gasteiger partial charge in [-0.05, 0) is 35.9 Å². The zero-order chi connectivity index (χ0) is 18.6. The van der Waals surface area contributed by atoms with Crippen molar-refractivity contribution in [2.24, 2.45) is 0 Å². The monoisotopic (exact) mass is 368 g/mol. The third-order valence-electron chi connectivity index (χ3n) is 3.15. The molecule has 0 aromatic heterocycles. The molecule has 0 aliphatic heterocycles. The van der Waals surface area contributed by atoms with E-state index >= 15 is 0 Å². The predicted octanol–water partition coefficient (Wildman–Crippen LogP) is 2.55. The van der Waals surface area contributed by atoms with E-state index in [1.54, 1.807) is 0 Å². The predicted molar refractivity (Wildman–Crippen MR) is 86.0 cm³/mol. The summed E-state index contributed by atoms with van der Waals surface area (Å²) >= 11 is 0. The van der Waals surface area contributed by atoms with Gasteiger partial charge in [-0.15, -0.1) is 0 Å². The molecule has 0 saturated heterocycles. The van der Waals surface area contributed by atoms with Gasteiger partial charge in [-0.25, -0.2) is 22.0 Å². The van der Waals surface area contributed by atoms with Gasteiger partial charge in [-0.3, -0.25) is 4.79 Å². The summed E-state index contributed by atoms with van der Waals surface area (Å²) < 4.78 is 53.9. The first-order valence-corrected chi connectivity index (χ1v) is 9.14. The second-order valence-electron chi connectivity index (χ2n) is 5.39. The number of hydrogen-bond donors (Lipinski definition) is 0. The lowest BCUT2D eigenvalue weighted by Gasteiger charge is -2.07. The van der Waals surface area contributed by atoms with Crippen LogP contribution in [-0.4, -0.2) is 33.0 Å². The summed E-state index contributed by atoms with van der Waals surface area (Å²) in [7, 11) is -3.27. The largest absolute Gasteiger partial charge is 0.454 e. The molecule has 0 aliphatic rings. The number of ketones is 1. The summed E-state index contributed by atoms with van der Waals surface area (Å²) in [5, 5.41) is 0. The Kier molecular flexibility index (Phi) is 5.63. The van der Waals surface area contributed by atoms with Crippen LogP contribution >= 0.6 is 0 Å². The molecule has 0 amide bonds. The molecule has 0 spiro atoms. The lowest BCUT2D eigenvalue weighted by atomic mass is 10.1. The van der Waals surface area contributed by atoms with Gasteiger partial charge in [0.05, 0.1) is 16.9 Å². The maximum absolute atomic E-state index is 13.5. The standard InChI is InChI=1S/C17H14F2O5S/c1-25(22,23)10-11-3-2-4-12(7-11)17(21)24-9-16(20)14-8-13(18)5-6-15(14)19/h2-8H,9-10H2,1H3. The number of halogens is 2. The summed E-state index contributed by atoms with van der Waals surface area (Å²) in [5.41, 5.74) is -0.0771. The Morgan fingerprint density at radius 3 is 2.48 bits per heavy atom. The minimum Gasteiger partial charge on any atom is -0.454 e. The third-order valence-corrected chi connectivity index (χ3v) is 4.01. The summed E-state index contributed by atoms with van der Waals surface area (Å²) in [5.74, 6) is -3.72. The Morgan fingerprint density at radius 1 is 1.08 bits per heavy atom. The van der Waals surface area contributed by atoms with Crippen molar-refractivity contribution in [3.63, 3.8) is 0 Å². The lowest BCUT2D eigenvalue weighted by Crippen LogP contribution is -2.16. The van der Waals surface area contributed by atoms with E-state index in [1.807, 2.05) is 0 Å². The number of Topliss-reactive ketones (excluding diaryl/α,β-unsaturated/α-hetero) is 1. The molecule has 0 fully saturated rings. The van der Waals surface area contributed by atoms with Crippen molar-refractivity contribution in [3.8, 4) is 0 Å². The molecule has 0 heterocycles. The molecule has 0 aliphatic carbocycles. The van der Waals surface area contributed by atoms with Gasteiger partial charge < -0.3 is 4.74 Å². The first-order valence-electron chi connectivity index (χ1n) is 7.08. The number of ether oxygens (including phenoxy) is 1. The van der Waals surface area contributed by atoms with Crippen molar-refractivity contribution < 1.29 is 31.5 Å². The van der Waals surface area contributed by atoms with Crippen molar-refractivity contribution >= 4 is 21.6 Å². The Hall–Kier alpha value is -2.61. The molecule has 132 valence electrons. The first-order chi connectivity index (χ1) is 11.7. The van der Waals surface area contributed by atoms with Crippen molar-refractivity contribution in [1.82, 2.24) is 0 Å². The highest BCUT2D eigenvalue weighted by molar-refractivity contribution is 7.89. The average Bonchev–Trinajstić information content (AvgIpc) is 2.53. The van der Waals surface area contributed by atoms with Crippen molar-refractivity contribution in [2.75, 3.05) is 12.9 Å². The Labute approximate surface area is 143 Å². The molecule has 2 aromatic carbocycles. The van der Waals surface area contributed by atoms with Gasteiger partial charge in [0, 0.05) is 6.26 Å². The molecule has 0 unspecified atom stereocenters. The van der Waals surface area contributed by atoms with Gasteiger partial charge in [0.2, 0.25) is 5.78 Å². The van der Waals surface area contributed by atoms with E-state index in [1.165, 1.54) is 24.3 Å². The molecule has 2 rings (SSSR count). The number of esters is 1. The number of benzene rings is 2. The van der Waals surface area contributed by atoms with Gasteiger partial charge in [0.1, 0.15) is 11.6 Å². The Morgan fingerprint density at radius 2 is 1.80 bits per heavy atom. The SMILES string of the molecule is CS(=O)(=O)Cc1cccc(C(=O)OCC(=O)c2cc(F)ccc2F)c1. The number of carbonyl (C=O) groups is 2. The quantitative estimate of drug-likeness (QED) is 0.578. The lowest BCUT2D eigenvalue weighted by molar-refractivity contribution is 0.0473. The Balaban J connectivity index is 2.06. The van der Waals surface area contributed by atoms with Crippen LogP contribution < -0.4 is 0 Å². The molecule has 8 heteroatoms. The first kappa shape index (κ1) is 18.7. The van der Waals surface area contributed by atoms with Crippen LogP contribution in [0.2, 0.25) is 0 Å². The number of rotatable bonds is 6. The molecule has 2 aromatic rings. The molecule has 0 N–H and O–H groups in total. The molecule has 25 heavy (non-hydrogen) atoms. The second kappa shape index (κ2) is 7.52. The molecular weight excluding hydrogens is 354 g/mol. The van der Waals surface area contributed by atoms with E-state index in [2.05, 4.69) is 0 Å². The van der Waals surface area contributed by atoms with Crippen molar-refractivity contribution in [3.05, 3.63) is 70.8 Å². The Bertz CT molecular complexity index is 922. The molecular formula is C17H14F2O5S. The molecule has 0 radical (unpaired) electrons. The molecule has 5 nitrogen and oxygen atoms in total. The van der Waals surface area contributed by atoms with Gasteiger partial charge in [-0.2, -0.15) is 0 Å². The van der Waals surface area contributed by atoms with Crippen molar-refractivity contribution in [2.45, 2.75) is 5.75 Å². The van der Waals surface area contributed by atoms with Crippen LogP contribution in [0, 0.1) is 11.6 Å². The van der Waals surface area contributed by atoms with Gasteiger partial charge in [0.25, 0.3) is 0 Å². The van der Waals surface area contributed by atoms with Gasteiger partial charge >= 0.3 is 5.97 Å². The van der Waals surface area contributed by atoms with Crippen LogP contribution in [0.3, 0.4) is 0 Å². The normalized spacial score (nSPS) is 11.2.